The van der Waals surface area contributed by atoms with E-state index in [4.69, 9.17) is 9.47 Å². The van der Waals surface area contributed by atoms with Crippen molar-refractivity contribution in [2.75, 3.05) is 85.1 Å². The van der Waals surface area contributed by atoms with Gasteiger partial charge in [0.05, 0.1) is 48.3 Å². The Morgan fingerprint density at radius 2 is 0.818 bits per heavy atom. The molecule has 3 aliphatic heterocycles. The number of rotatable bonds is 13. The van der Waals surface area contributed by atoms with E-state index in [0.29, 0.717) is 44.8 Å². The molecule has 0 radical (unpaired) electrons. The predicted octanol–water partition coefficient (Wildman–Crippen LogP) is 11.3. The fraction of sp³-hybridized carbons (Fsp3) is 0.351. The van der Waals surface area contributed by atoms with Gasteiger partial charge in [-0.15, -0.1) is 0 Å². The van der Waals surface area contributed by atoms with Gasteiger partial charge in [0.1, 0.15) is 63.4 Å². The molecular formula is C74H70F12N16O8. The lowest BCUT2D eigenvalue weighted by atomic mass is 10.1. The lowest BCUT2D eigenvalue weighted by Gasteiger charge is -2.37. The number of alkyl halides is 9. The summed E-state index contributed by atoms with van der Waals surface area (Å²) in [6.07, 6.45) is -9.31. The number of benzene rings is 4. The number of hydrogen-bond acceptors (Lipinski definition) is 16. The van der Waals surface area contributed by atoms with Crippen LogP contribution in [-0.2, 0) is 44.2 Å². The highest BCUT2D eigenvalue weighted by Gasteiger charge is 2.41. The van der Waals surface area contributed by atoms with E-state index < -0.39 is 99.0 Å². The molecule has 36 heteroatoms. The van der Waals surface area contributed by atoms with Crippen LogP contribution in [0.1, 0.15) is 94.3 Å². The molecule has 1 unspecified atom stereocenters. The van der Waals surface area contributed by atoms with Gasteiger partial charge in [-0.1, -0.05) is 30.3 Å². The maximum absolute atomic E-state index is 13.8. The second-order valence-electron chi connectivity index (χ2n) is 27.3. The van der Waals surface area contributed by atoms with Crippen molar-refractivity contribution in [2.24, 2.45) is 0 Å². The molecule has 6 aromatic heterocycles. The number of amides is 5. The molecule has 1 saturated carbocycles. The summed E-state index contributed by atoms with van der Waals surface area (Å²) in [6.45, 7) is 11.0. The maximum Gasteiger partial charge on any atom is 0.420 e. The Morgan fingerprint density at radius 1 is 0.473 bits per heavy atom. The highest BCUT2D eigenvalue weighted by molar-refractivity contribution is 5.95. The van der Waals surface area contributed by atoms with Crippen LogP contribution in [-0.4, -0.2) is 212 Å². The van der Waals surface area contributed by atoms with E-state index in [0.717, 1.165) is 98.9 Å². The highest BCUT2D eigenvalue weighted by atomic mass is 19.4. The molecule has 1 N–H and O–H groups in total. The number of nitrogens with one attached hydrogen (secondary N) is 1. The van der Waals surface area contributed by atoms with Crippen molar-refractivity contribution in [3.8, 4) is 33.8 Å². The monoisotopic (exact) mass is 1540 g/mol. The predicted molar refractivity (Wildman–Crippen MR) is 371 cm³/mol. The first-order chi connectivity index (χ1) is 52.1. The van der Waals surface area contributed by atoms with Crippen molar-refractivity contribution >= 4 is 52.6 Å². The van der Waals surface area contributed by atoms with Gasteiger partial charge in [0, 0.05) is 101 Å². The summed E-state index contributed by atoms with van der Waals surface area (Å²) in [6, 6.07) is 26.3. The van der Waals surface area contributed by atoms with Gasteiger partial charge in [0.25, 0.3) is 17.7 Å². The summed E-state index contributed by atoms with van der Waals surface area (Å²) < 4.78 is 178. The zero-order valence-electron chi connectivity index (χ0n) is 59.3. The van der Waals surface area contributed by atoms with E-state index in [9.17, 15) is 81.5 Å². The van der Waals surface area contributed by atoms with Crippen molar-refractivity contribution in [3.05, 3.63) is 197 Å². The number of ether oxygens (including phenoxy) is 2. The number of esters is 1. The Balaban J connectivity index is 0.000000154. The zero-order chi connectivity index (χ0) is 78.7. The lowest BCUT2D eigenvalue weighted by Crippen LogP contribution is -2.55. The van der Waals surface area contributed by atoms with E-state index in [1.54, 1.807) is 20.8 Å². The minimum atomic E-state index is -4.77. The summed E-state index contributed by atoms with van der Waals surface area (Å²) in [5.74, 6) is -3.62. The van der Waals surface area contributed by atoms with Gasteiger partial charge in [-0.2, -0.15) is 54.8 Å². The molecule has 9 heterocycles. The quantitative estimate of drug-likeness (QED) is 0.0833. The number of carbonyl (C=O) groups is 6. The summed E-state index contributed by atoms with van der Waals surface area (Å²) in [5, 5.41) is 15.5. The maximum atomic E-state index is 13.8. The Labute approximate surface area is 618 Å². The smallest absolute Gasteiger partial charge is 0.420 e. The number of piperazine rings is 3. The summed E-state index contributed by atoms with van der Waals surface area (Å²) in [4.78, 5) is 97.5. The van der Waals surface area contributed by atoms with Crippen LogP contribution in [0, 0.1) is 17.5 Å². The molecule has 4 fully saturated rings. The summed E-state index contributed by atoms with van der Waals surface area (Å²) >= 11 is 0. The van der Waals surface area contributed by atoms with Gasteiger partial charge in [-0.05, 0) is 137 Å². The molecule has 10 aromatic rings. The van der Waals surface area contributed by atoms with E-state index in [-0.39, 0.29) is 122 Å². The van der Waals surface area contributed by atoms with Crippen LogP contribution in [0.3, 0.4) is 0 Å². The Bertz CT molecular complexity index is 5020. The van der Waals surface area contributed by atoms with Crippen LogP contribution in [0.15, 0.2) is 140 Å². The minimum absolute atomic E-state index is 0.0294. The van der Waals surface area contributed by atoms with Crippen molar-refractivity contribution in [2.45, 2.75) is 83.4 Å². The number of nitrogens with zero attached hydrogens (tertiary/aromatic N) is 15. The van der Waals surface area contributed by atoms with Crippen LogP contribution < -0.4 is 5.32 Å². The third-order valence-electron chi connectivity index (χ3n) is 18.2. The fourth-order valence-corrected chi connectivity index (χ4v) is 12.2. The normalized spacial score (nSPS) is 15.7. The van der Waals surface area contributed by atoms with Crippen molar-refractivity contribution < 1.29 is 90.9 Å². The van der Waals surface area contributed by atoms with Crippen molar-refractivity contribution in [1.82, 2.24) is 78.5 Å². The van der Waals surface area contributed by atoms with Crippen molar-refractivity contribution in [1.29, 1.82) is 0 Å². The molecule has 4 aliphatic rings. The molecule has 24 nitrogen and oxygen atoms in total. The Hall–Kier alpha value is -11.6. The third-order valence-corrected chi connectivity index (χ3v) is 18.2. The number of fused-ring (bicyclic) bond motifs is 3. The fourth-order valence-electron chi connectivity index (χ4n) is 12.2. The number of hydrogen-bond donors (Lipinski definition) is 1. The molecule has 0 spiro atoms. The van der Waals surface area contributed by atoms with E-state index in [1.807, 2.05) is 47.1 Å². The molecule has 4 aromatic carbocycles. The first-order valence-corrected chi connectivity index (χ1v) is 34.6. The molecule has 14 rings (SSSR count). The van der Waals surface area contributed by atoms with E-state index >= 15 is 0 Å². The number of carbonyl (C=O) groups excluding carboxylic acids is 6. The average molecular weight is 1540 g/mol. The molecule has 3 saturated heterocycles. The number of halogens is 12. The first-order valence-electron chi connectivity index (χ1n) is 34.6. The van der Waals surface area contributed by atoms with Gasteiger partial charge < -0.3 is 34.4 Å². The van der Waals surface area contributed by atoms with Crippen molar-refractivity contribution in [3.63, 3.8) is 0 Å². The molecule has 1 atom stereocenters. The van der Waals surface area contributed by atoms with E-state index in [2.05, 4.69) is 35.6 Å². The van der Waals surface area contributed by atoms with Gasteiger partial charge in [-0.25, -0.2) is 46.5 Å². The Kier molecular flexibility index (Phi) is 22.7. The topological polar surface area (TPSA) is 243 Å². The lowest BCUT2D eigenvalue weighted by molar-refractivity contribution is -0.156. The number of aromatic nitrogens is 9. The van der Waals surface area contributed by atoms with Crippen LogP contribution in [0.2, 0.25) is 0 Å². The molecule has 0 bridgehead atoms. The minimum Gasteiger partial charge on any atom is -0.459 e. The average Bonchev–Trinajstić information content (AvgIpc) is 1.59. The summed E-state index contributed by atoms with van der Waals surface area (Å²) in [7, 11) is 0. The molecular weight excluding hydrogens is 1470 g/mol. The summed E-state index contributed by atoms with van der Waals surface area (Å²) in [5.41, 5.74) is -4.25. The third kappa shape index (κ3) is 18.9. The van der Waals surface area contributed by atoms with E-state index in [1.165, 1.54) is 62.2 Å². The molecule has 1 aliphatic carbocycles. The largest absolute Gasteiger partial charge is 0.459 e. The second-order valence-corrected chi connectivity index (χ2v) is 27.3. The molecule has 5 amide bonds. The zero-order valence-corrected chi connectivity index (χ0v) is 59.3. The Morgan fingerprint density at radius 3 is 1.16 bits per heavy atom. The highest BCUT2D eigenvalue weighted by Crippen LogP contribution is 2.38. The van der Waals surface area contributed by atoms with Crippen LogP contribution in [0.25, 0.3) is 50.7 Å². The van der Waals surface area contributed by atoms with Gasteiger partial charge >= 0.3 is 30.6 Å². The first kappa shape index (κ1) is 78.0. The number of imidazole rings is 3. The van der Waals surface area contributed by atoms with Gasteiger partial charge in [0.2, 0.25) is 5.91 Å². The molecule has 110 heavy (non-hydrogen) atoms. The molecule has 578 valence electrons. The van der Waals surface area contributed by atoms with Gasteiger partial charge in [-0.3, -0.25) is 33.8 Å². The van der Waals surface area contributed by atoms with Crippen LogP contribution in [0.5, 0.6) is 0 Å². The second kappa shape index (κ2) is 31.9. The SMILES string of the molecule is CC(C(=O)NC1CC1)N1CCN(C(=O)c2cn3nc(-c4ccc(F)cc4)cc(C(F)(F)F)c3n2)CC1.CC(C)(C)OC(=O)CN1CCN(C(=O)c2cn3nc(-c4ccc(F)cc4)cc(C(F)(F)F)c3n2)CC1.O=C(OCc1ccccc1)N1CCN(C(=O)c2cn3nc(-c4ccc(F)cc4)cc(C(F)(F)F)c3n2)CC1. The van der Waals surface area contributed by atoms with Gasteiger partial charge in [0.15, 0.2) is 16.9 Å². The van der Waals surface area contributed by atoms with Crippen LogP contribution in [0.4, 0.5) is 57.5 Å². The van der Waals surface area contributed by atoms with Crippen LogP contribution >= 0.6 is 0 Å². The standard InChI is InChI=1S/C26H21F4N5O3.C24H24F4N6O2.C24H25F4N5O3/c27-19-8-6-18(7-9-19)21-14-20(26(28,29)30)23-31-22(15-35(23)32-21)24(36)33-10-12-34(13-11-33)25(37)38-16-17-4-2-1-3-5-17;1-14(22(35)29-17-6-7-17)32-8-10-33(11-9-32)23(36)20-13-34-21(30-20)18(24(26,27)28)12-19(31-34)15-2-4-16(25)5-3-15;1-23(2,3)36-20(34)14-31-8-10-32(11-9-31)22(35)19-13-33-21(29-19)17(24(26,27)28)12-18(30-33)15-4-6-16(25)7-5-15/h1-9,14-15H,10-13,16H2;2-5,12-14,17H,6-11H2,1H3,(H,29,35);4-7,12-13H,8-11,14H2,1-3H3.